The van der Waals surface area contributed by atoms with Crippen LogP contribution in [0.25, 0.3) is 0 Å². The lowest BCUT2D eigenvalue weighted by Crippen LogP contribution is -2.54. The van der Waals surface area contributed by atoms with Gasteiger partial charge in [-0.25, -0.2) is 0 Å². The molecule has 3 amide bonds. The molecule has 2 heterocycles. The van der Waals surface area contributed by atoms with Gasteiger partial charge in [0.05, 0.1) is 25.3 Å². The Bertz CT molecular complexity index is 1030. The summed E-state index contributed by atoms with van der Waals surface area (Å²) in [5.41, 5.74) is 2.78. The molecule has 2 aliphatic heterocycles. The maximum atomic E-state index is 13.6. The van der Waals surface area contributed by atoms with Crippen LogP contribution in [0.3, 0.4) is 0 Å². The lowest BCUT2D eigenvalue weighted by Gasteiger charge is -2.36. The fourth-order valence-electron chi connectivity index (χ4n) is 4.41. The van der Waals surface area contributed by atoms with Crippen molar-refractivity contribution in [2.75, 3.05) is 20.8 Å². The highest BCUT2D eigenvalue weighted by atomic mass is 16.5. The number of nitrogens with zero attached hydrogens (tertiary/aromatic N) is 2. The van der Waals surface area contributed by atoms with E-state index in [1.165, 1.54) is 0 Å². The molecule has 31 heavy (non-hydrogen) atoms. The molecule has 0 aromatic heterocycles. The normalized spacial score (nSPS) is 16.3. The highest BCUT2D eigenvalue weighted by Crippen LogP contribution is 2.34. The summed E-state index contributed by atoms with van der Waals surface area (Å²) in [6, 6.07) is 9.70. The van der Waals surface area contributed by atoms with Gasteiger partial charge in [-0.15, -0.1) is 0 Å². The molecule has 7 nitrogen and oxygen atoms in total. The van der Waals surface area contributed by atoms with Crippen LogP contribution in [-0.4, -0.2) is 54.3 Å². The zero-order valence-corrected chi connectivity index (χ0v) is 18.2. The number of amides is 3. The van der Waals surface area contributed by atoms with Crippen molar-refractivity contribution in [3.05, 3.63) is 58.7 Å². The van der Waals surface area contributed by atoms with Gasteiger partial charge in [0.1, 0.15) is 6.04 Å². The standard InChI is InChI=1S/C24H26N2O5/c1-14(2)21(26-22(27)17-7-5-6-8-18(17)23(26)28)24(29)25-10-9-15-11-19(30-3)20(31-4)12-16(15)13-25/h5-8,11-12,14,21H,9-10,13H2,1-4H3. The van der Waals surface area contributed by atoms with E-state index in [0.29, 0.717) is 42.1 Å². The Labute approximate surface area is 181 Å². The van der Waals surface area contributed by atoms with Crippen molar-refractivity contribution in [3.8, 4) is 11.5 Å². The molecule has 1 atom stereocenters. The van der Waals surface area contributed by atoms with Gasteiger partial charge in [0.15, 0.2) is 11.5 Å². The molecule has 0 saturated heterocycles. The summed E-state index contributed by atoms with van der Waals surface area (Å²) in [4.78, 5) is 42.4. The van der Waals surface area contributed by atoms with Gasteiger partial charge in [-0.05, 0) is 47.7 Å². The lowest BCUT2D eigenvalue weighted by molar-refractivity contribution is -0.137. The van der Waals surface area contributed by atoms with Gasteiger partial charge in [0.2, 0.25) is 5.91 Å². The Hall–Kier alpha value is -3.35. The molecule has 2 aliphatic rings. The number of carbonyl (C=O) groups is 3. The molecule has 7 heteroatoms. The van der Waals surface area contributed by atoms with Gasteiger partial charge in [-0.2, -0.15) is 0 Å². The second kappa shape index (κ2) is 8.06. The number of rotatable bonds is 5. The van der Waals surface area contributed by atoms with Crippen molar-refractivity contribution in [1.29, 1.82) is 0 Å². The number of imide groups is 1. The number of carbonyl (C=O) groups excluding carboxylic acids is 3. The largest absolute Gasteiger partial charge is 0.493 e. The maximum absolute atomic E-state index is 13.6. The molecule has 0 N–H and O–H groups in total. The Kier molecular flexibility index (Phi) is 5.43. The zero-order valence-electron chi connectivity index (χ0n) is 18.2. The molecule has 0 saturated carbocycles. The van der Waals surface area contributed by atoms with Crippen LogP contribution >= 0.6 is 0 Å². The van der Waals surface area contributed by atoms with Crippen molar-refractivity contribution in [2.45, 2.75) is 32.9 Å². The first-order chi connectivity index (χ1) is 14.9. The molecule has 0 bridgehead atoms. The average molecular weight is 422 g/mol. The van der Waals surface area contributed by atoms with Crippen molar-refractivity contribution >= 4 is 17.7 Å². The molecule has 1 unspecified atom stereocenters. The van der Waals surface area contributed by atoms with E-state index in [1.807, 2.05) is 26.0 Å². The molecular weight excluding hydrogens is 396 g/mol. The summed E-state index contributed by atoms with van der Waals surface area (Å²) in [7, 11) is 3.17. The molecular formula is C24H26N2O5. The van der Waals surface area contributed by atoms with Gasteiger partial charge in [-0.1, -0.05) is 26.0 Å². The van der Waals surface area contributed by atoms with E-state index < -0.39 is 17.9 Å². The van der Waals surface area contributed by atoms with Crippen molar-refractivity contribution in [3.63, 3.8) is 0 Å². The Morgan fingerprint density at radius 2 is 1.48 bits per heavy atom. The van der Waals surface area contributed by atoms with Gasteiger partial charge >= 0.3 is 0 Å². The Morgan fingerprint density at radius 3 is 2.00 bits per heavy atom. The number of fused-ring (bicyclic) bond motifs is 2. The van der Waals surface area contributed by atoms with Crippen LogP contribution in [0.4, 0.5) is 0 Å². The molecule has 0 aliphatic carbocycles. The summed E-state index contributed by atoms with van der Waals surface area (Å²) in [6.07, 6.45) is 0.661. The predicted octanol–water partition coefficient (Wildman–Crippen LogP) is 2.91. The van der Waals surface area contributed by atoms with E-state index in [2.05, 4.69) is 0 Å². The maximum Gasteiger partial charge on any atom is 0.262 e. The lowest BCUT2D eigenvalue weighted by atomic mass is 9.95. The van der Waals surface area contributed by atoms with Crippen molar-refractivity contribution in [2.24, 2.45) is 5.92 Å². The number of hydrogen-bond donors (Lipinski definition) is 0. The third kappa shape index (κ3) is 3.44. The summed E-state index contributed by atoms with van der Waals surface area (Å²) >= 11 is 0. The van der Waals surface area contributed by atoms with Crippen LogP contribution in [0.15, 0.2) is 36.4 Å². The van der Waals surface area contributed by atoms with Crippen molar-refractivity contribution < 1.29 is 23.9 Å². The van der Waals surface area contributed by atoms with E-state index in [-0.39, 0.29) is 11.8 Å². The smallest absolute Gasteiger partial charge is 0.262 e. The van der Waals surface area contributed by atoms with Crippen LogP contribution in [-0.2, 0) is 17.8 Å². The van der Waals surface area contributed by atoms with E-state index in [0.717, 1.165) is 16.0 Å². The van der Waals surface area contributed by atoms with Crippen LogP contribution in [0, 0.1) is 5.92 Å². The SMILES string of the molecule is COc1cc2c(cc1OC)CN(C(=O)C(C(C)C)N1C(=O)c3ccccc3C1=O)CC2. The summed E-state index contributed by atoms with van der Waals surface area (Å²) in [6.45, 7) is 4.62. The van der Waals surface area contributed by atoms with Crippen molar-refractivity contribution in [1.82, 2.24) is 9.80 Å². The first kappa shape index (κ1) is 20.9. The van der Waals surface area contributed by atoms with Crippen LogP contribution in [0.2, 0.25) is 0 Å². The molecule has 4 rings (SSSR count). The molecule has 0 spiro atoms. The summed E-state index contributed by atoms with van der Waals surface area (Å²) in [5.74, 6) is 0.0165. The summed E-state index contributed by atoms with van der Waals surface area (Å²) < 4.78 is 10.8. The summed E-state index contributed by atoms with van der Waals surface area (Å²) in [5, 5.41) is 0. The number of hydrogen-bond acceptors (Lipinski definition) is 5. The fraction of sp³-hybridized carbons (Fsp3) is 0.375. The van der Waals surface area contributed by atoms with E-state index in [1.54, 1.807) is 43.4 Å². The Morgan fingerprint density at radius 1 is 0.935 bits per heavy atom. The molecule has 2 aromatic rings. The number of methoxy groups -OCH3 is 2. The zero-order chi connectivity index (χ0) is 22.3. The second-order valence-corrected chi connectivity index (χ2v) is 8.20. The van der Waals surface area contributed by atoms with Gasteiger partial charge in [-0.3, -0.25) is 19.3 Å². The minimum absolute atomic E-state index is 0.218. The highest BCUT2D eigenvalue weighted by molar-refractivity contribution is 6.22. The molecule has 2 aromatic carbocycles. The topological polar surface area (TPSA) is 76.2 Å². The van der Waals surface area contributed by atoms with Crippen LogP contribution < -0.4 is 9.47 Å². The predicted molar refractivity (Wildman–Crippen MR) is 114 cm³/mol. The van der Waals surface area contributed by atoms with Crippen LogP contribution in [0.1, 0.15) is 45.7 Å². The van der Waals surface area contributed by atoms with Crippen LogP contribution in [0.5, 0.6) is 11.5 Å². The minimum Gasteiger partial charge on any atom is -0.493 e. The van der Waals surface area contributed by atoms with Gasteiger partial charge < -0.3 is 14.4 Å². The van der Waals surface area contributed by atoms with E-state index in [4.69, 9.17) is 9.47 Å². The number of benzene rings is 2. The Balaban J connectivity index is 1.62. The first-order valence-corrected chi connectivity index (χ1v) is 10.4. The van der Waals surface area contributed by atoms with E-state index in [9.17, 15) is 14.4 Å². The molecule has 0 fully saturated rings. The monoisotopic (exact) mass is 422 g/mol. The third-order valence-electron chi connectivity index (χ3n) is 6.02. The van der Waals surface area contributed by atoms with Gasteiger partial charge in [0.25, 0.3) is 11.8 Å². The van der Waals surface area contributed by atoms with E-state index >= 15 is 0 Å². The molecule has 162 valence electrons. The highest BCUT2D eigenvalue weighted by Gasteiger charge is 2.45. The first-order valence-electron chi connectivity index (χ1n) is 10.4. The fourth-order valence-corrected chi connectivity index (χ4v) is 4.41. The molecule has 0 radical (unpaired) electrons. The average Bonchev–Trinajstić information content (AvgIpc) is 3.03. The third-order valence-corrected chi connectivity index (χ3v) is 6.02. The quantitative estimate of drug-likeness (QED) is 0.693. The number of ether oxygens (including phenoxy) is 2. The van der Waals surface area contributed by atoms with Gasteiger partial charge in [0, 0.05) is 13.1 Å². The minimum atomic E-state index is -0.853. The second-order valence-electron chi connectivity index (χ2n) is 8.20.